The molecule has 0 radical (unpaired) electrons. The fourth-order valence-electron chi connectivity index (χ4n) is 4.38. The average molecular weight is 473 g/mol. The Labute approximate surface area is 204 Å². The lowest BCUT2D eigenvalue weighted by Gasteiger charge is -2.20. The van der Waals surface area contributed by atoms with Gasteiger partial charge in [0.25, 0.3) is 5.91 Å². The summed E-state index contributed by atoms with van der Waals surface area (Å²) in [5.41, 5.74) is 5.28. The second kappa shape index (κ2) is 10.4. The van der Waals surface area contributed by atoms with E-state index in [0.29, 0.717) is 11.3 Å². The fourth-order valence-corrected chi connectivity index (χ4v) is 4.38. The molecule has 2 amide bonds. The molecular formula is C28H28N2O5. The van der Waals surface area contributed by atoms with Crippen LogP contribution in [0.3, 0.4) is 0 Å². The first-order valence-corrected chi connectivity index (χ1v) is 11.6. The largest absolute Gasteiger partial charge is 0.481 e. The molecule has 180 valence electrons. The quantitative estimate of drug-likeness (QED) is 0.414. The van der Waals surface area contributed by atoms with Gasteiger partial charge in [0.15, 0.2) is 0 Å². The molecule has 1 aliphatic rings. The summed E-state index contributed by atoms with van der Waals surface area (Å²) in [6.45, 7) is 3.89. The number of nitrogens with one attached hydrogen (secondary N) is 2. The van der Waals surface area contributed by atoms with Crippen LogP contribution in [0.2, 0.25) is 0 Å². The third-order valence-corrected chi connectivity index (χ3v) is 6.23. The van der Waals surface area contributed by atoms with E-state index in [9.17, 15) is 14.4 Å². The zero-order valence-corrected chi connectivity index (χ0v) is 19.7. The van der Waals surface area contributed by atoms with Crippen LogP contribution in [0.5, 0.6) is 0 Å². The number of benzene rings is 3. The maximum atomic E-state index is 12.7. The Bertz CT molecular complexity index is 1210. The number of hydrogen-bond acceptors (Lipinski definition) is 4. The summed E-state index contributed by atoms with van der Waals surface area (Å²) in [5, 5.41) is 14.5. The van der Waals surface area contributed by atoms with Crippen molar-refractivity contribution in [2.45, 2.75) is 32.2 Å². The van der Waals surface area contributed by atoms with Gasteiger partial charge in [-0.15, -0.1) is 0 Å². The monoisotopic (exact) mass is 472 g/mol. The summed E-state index contributed by atoms with van der Waals surface area (Å²) in [7, 11) is 0. The van der Waals surface area contributed by atoms with Gasteiger partial charge < -0.3 is 15.2 Å². The normalized spacial score (nSPS) is 13.0. The minimum Gasteiger partial charge on any atom is -0.481 e. The van der Waals surface area contributed by atoms with Crippen molar-refractivity contribution in [3.05, 3.63) is 89.5 Å². The van der Waals surface area contributed by atoms with Gasteiger partial charge in [0.05, 0.1) is 6.42 Å². The van der Waals surface area contributed by atoms with Crippen molar-refractivity contribution in [2.24, 2.45) is 5.92 Å². The number of fused-ring (bicyclic) bond motifs is 3. The highest BCUT2D eigenvalue weighted by Crippen LogP contribution is 2.44. The van der Waals surface area contributed by atoms with E-state index in [1.54, 1.807) is 18.2 Å². The lowest BCUT2D eigenvalue weighted by atomic mass is 9.98. The molecule has 0 aromatic heterocycles. The van der Waals surface area contributed by atoms with E-state index in [1.807, 2.05) is 38.1 Å². The second-order valence-electron chi connectivity index (χ2n) is 8.95. The summed E-state index contributed by atoms with van der Waals surface area (Å²) in [4.78, 5) is 36.3. The third kappa shape index (κ3) is 5.51. The number of amides is 2. The van der Waals surface area contributed by atoms with Crippen LogP contribution in [0, 0.1) is 5.92 Å². The Hall–Kier alpha value is -4.13. The number of carbonyl (C=O) groups is 3. The van der Waals surface area contributed by atoms with Crippen molar-refractivity contribution in [1.29, 1.82) is 0 Å². The summed E-state index contributed by atoms with van der Waals surface area (Å²) >= 11 is 0. The fraction of sp³-hybridized carbons (Fsp3) is 0.250. The molecule has 0 heterocycles. The standard InChI is InChI=1S/C28H28N2O5/c1-17(2)25(15-26(31)32)30-27(33)18-8-7-9-19(14-18)29-28(34)35-16-24-22-12-5-3-10-20(22)21-11-4-6-13-23(21)24/h3-14,17,24-25H,15-16H2,1-2H3,(H,29,34)(H,30,33)(H,31,32)/t25-/m1/s1. The number of anilines is 1. The van der Waals surface area contributed by atoms with Gasteiger partial charge in [0.2, 0.25) is 0 Å². The summed E-state index contributed by atoms with van der Waals surface area (Å²) < 4.78 is 5.57. The maximum absolute atomic E-state index is 12.7. The average Bonchev–Trinajstić information content (AvgIpc) is 3.16. The number of rotatable bonds is 8. The molecule has 7 heteroatoms. The van der Waals surface area contributed by atoms with Gasteiger partial charge in [-0.05, 0) is 46.4 Å². The SMILES string of the molecule is CC(C)[C@@H](CC(=O)O)NC(=O)c1cccc(NC(=O)OCC2c3ccccc3-c3ccccc32)c1. The smallest absolute Gasteiger partial charge is 0.411 e. The lowest BCUT2D eigenvalue weighted by Crippen LogP contribution is -2.40. The van der Waals surface area contributed by atoms with Gasteiger partial charge in [-0.3, -0.25) is 14.9 Å². The molecule has 3 aromatic rings. The first-order chi connectivity index (χ1) is 16.8. The molecule has 1 aliphatic carbocycles. The lowest BCUT2D eigenvalue weighted by molar-refractivity contribution is -0.137. The molecule has 1 atom stereocenters. The Kier molecular flexibility index (Phi) is 7.15. The molecule has 0 bridgehead atoms. The molecule has 4 rings (SSSR count). The van der Waals surface area contributed by atoms with E-state index in [-0.39, 0.29) is 24.9 Å². The molecule has 3 aromatic carbocycles. The van der Waals surface area contributed by atoms with Gasteiger partial charge in [0.1, 0.15) is 6.61 Å². The molecular weight excluding hydrogens is 444 g/mol. The highest BCUT2D eigenvalue weighted by molar-refractivity contribution is 5.96. The molecule has 0 saturated heterocycles. The molecule has 0 saturated carbocycles. The van der Waals surface area contributed by atoms with Crippen LogP contribution in [-0.2, 0) is 9.53 Å². The van der Waals surface area contributed by atoms with Crippen LogP contribution in [0.25, 0.3) is 11.1 Å². The zero-order valence-electron chi connectivity index (χ0n) is 19.7. The van der Waals surface area contributed by atoms with Crippen molar-refractivity contribution in [3.8, 4) is 11.1 Å². The highest BCUT2D eigenvalue weighted by atomic mass is 16.5. The van der Waals surface area contributed by atoms with E-state index < -0.39 is 24.0 Å². The van der Waals surface area contributed by atoms with E-state index in [0.717, 1.165) is 22.3 Å². The summed E-state index contributed by atoms with van der Waals surface area (Å²) in [5.74, 6) is -1.47. The predicted octanol–water partition coefficient (Wildman–Crippen LogP) is 5.28. The minimum absolute atomic E-state index is 0.0443. The Morgan fingerprint density at radius 1 is 0.914 bits per heavy atom. The second-order valence-corrected chi connectivity index (χ2v) is 8.95. The van der Waals surface area contributed by atoms with E-state index in [4.69, 9.17) is 9.84 Å². The first kappa shape index (κ1) is 24.0. The number of ether oxygens (including phenoxy) is 1. The third-order valence-electron chi connectivity index (χ3n) is 6.23. The van der Waals surface area contributed by atoms with E-state index in [2.05, 4.69) is 34.9 Å². The minimum atomic E-state index is -0.977. The maximum Gasteiger partial charge on any atom is 0.411 e. The van der Waals surface area contributed by atoms with Crippen molar-refractivity contribution < 1.29 is 24.2 Å². The van der Waals surface area contributed by atoms with Crippen LogP contribution in [0.1, 0.15) is 47.7 Å². The van der Waals surface area contributed by atoms with Gasteiger partial charge >= 0.3 is 12.1 Å². The summed E-state index contributed by atoms with van der Waals surface area (Å²) in [6.07, 6.45) is -0.781. The van der Waals surface area contributed by atoms with Gasteiger partial charge in [-0.1, -0.05) is 68.4 Å². The first-order valence-electron chi connectivity index (χ1n) is 11.6. The number of carboxylic acid groups (broad SMARTS) is 1. The molecule has 0 unspecified atom stereocenters. The Balaban J connectivity index is 1.39. The molecule has 7 nitrogen and oxygen atoms in total. The number of aliphatic carboxylic acids is 1. The predicted molar refractivity (Wildman–Crippen MR) is 133 cm³/mol. The molecule has 0 fully saturated rings. The van der Waals surface area contributed by atoms with Gasteiger partial charge in [0, 0.05) is 23.2 Å². The van der Waals surface area contributed by atoms with Crippen LogP contribution >= 0.6 is 0 Å². The van der Waals surface area contributed by atoms with E-state index >= 15 is 0 Å². The van der Waals surface area contributed by atoms with E-state index in [1.165, 1.54) is 6.07 Å². The number of carboxylic acids is 1. The molecule has 0 spiro atoms. The van der Waals surface area contributed by atoms with Gasteiger partial charge in [-0.2, -0.15) is 0 Å². The molecule has 0 aliphatic heterocycles. The van der Waals surface area contributed by atoms with Crippen molar-refractivity contribution in [2.75, 3.05) is 11.9 Å². The van der Waals surface area contributed by atoms with Crippen LogP contribution in [0.4, 0.5) is 10.5 Å². The van der Waals surface area contributed by atoms with Crippen LogP contribution in [0.15, 0.2) is 72.8 Å². The number of carbonyl (C=O) groups excluding carboxylic acids is 2. The Morgan fingerprint density at radius 3 is 2.14 bits per heavy atom. The van der Waals surface area contributed by atoms with Crippen molar-refractivity contribution in [3.63, 3.8) is 0 Å². The highest BCUT2D eigenvalue weighted by Gasteiger charge is 2.29. The van der Waals surface area contributed by atoms with Crippen LogP contribution in [-0.4, -0.2) is 35.7 Å². The topological polar surface area (TPSA) is 105 Å². The Morgan fingerprint density at radius 2 is 1.54 bits per heavy atom. The van der Waals surface area contributed by atoms with Crippen molar-refractivity contribution >= 4 is 23.7 Å². The number of hydrogen-bond donors (Lipinski definition) is 3. The summed E-state index contributed by atoms with van der Waals surface area (Å²) in [6, 6.07) is 22.2. The van der Waals surface area contributed by atoms with Crippen LogP contribution < -0.4 is 10.6 Å². The molecule has 35 heavy (non-hydrogen) atoms. The molecule has 3 N–H and O–H groups in total. The zero-order chi connectivity index (χ0) is 24.9. The van der Waals surface area contributed by atoms with Crippen molar-refractivity contribution in [1.82, 2.24) is 5.32 Å². The van der Waals surface area contributed by atoms with Gasteiger partial charge in [-0.25, -0.2) is 4.79 Å².